The predicted molar refractivity (Wildman–Crippen MR) is 115 cm³/mol. The molecule has 0 radical (unpaired) electrons. The number of para-hydroxylation sites is 1. The average molecular weight is 413 g/mol. The lowest BCUT2D eigenvalue weighted by Gasteiger charge is -2.39. The summed E-state index contributed by atoms with van der Waals surface area (Å²) < 4.78 is 1.22. The van der Waals surface area contributed by atoms with Gasteiger partial charge in [-0.25, -0.2) is 9.97 Å². The molecule has 1 amide bonds. The van der Waals surface area contributed by atoms with E-state index in [2.05, 4.69) is 33.0 Å². The first-order valence-electron chi connectivity index (χ1n) is 10.0. The minimum Gasteiger partial charge on any atom is -0.345 e. The van der Waals surface area contributed by atoms with Crippen LogP contribution in [-0.4, -0.2) is 47.0 Å². The first kappa shape index (κ1) is 18.1. The van der Waals surface area contributed by atoms with Crippen LogP contribution in [0.25, 0.3) is 10.2 Å². The molecule has 3 heterocycles. The van der Waals surface area contributed by atoms with Gasteiger partial charge in [-0.1, -0.05) is 25.0 Å². The van der Waals surface area contributed by atoms with E-state index in [1.165, 1.54) is 4.70 Å². The summed E-state index contributed by atoms with van der Waals surface area (Å²) in [5, 5.41) is 4.19. The van der Waals surface area contributed by atoms with E-state index in [1.54, 1.807) is 22.7 Å². The number of rotatable bonds is 4. The second-order valence-electron chi connectivity index (χ2n) is 7.83. The van der Waals surface area contributed by atoms with E-state index in [-0.39, 0.29) is 5.41 Å². The number of amides is 1. The van der Waals surface area contributed by atoms with Crippen molar-refractivity contribution in [2.24, 2.45) is 5.41 Å². The number of nitrogens with zero attached hydrogens (tertiary/aromatic N) is 4. The van der Waals surface area contributed by atoms with Crippen LogP contribution in [-0.2, 0) is 11.2 Å². The Morgan fingerprint density at radius 1 is 1.11 bits per heavy atom. The van der Waals surface area contributed by atoms with E-state index in [0.717, 1.165) is 73.9 Å². The number of fused-ring (bicyclic) bond motifs is 1. The van der Waals surface area contributed by atoms with Crippen molar-refractivity contribution in [2.75, 3.05) is 31.1 Å². The van der Waals surface area contributed by atoms with E-state index in [0.29, 0.717) is 5.91 Å². The van der Waals surface area contributed by atoms with Gasteiger partial charge in [-0.05, 0) is 25.0 Å². The van der Waals surface area contributed by atoms with Crippen LogP contribution in [0.4, 0.5) is 5.13 Å². The Balaban J connectivity index is 1.32. The van der Waals surface area contributed by atoms with E-state index >= 15 is 0 Å². The maximum Gasteiger partial charge on any atom is 0.229 e. The summed E-state index contributed by atoms with van der Waals surface area (Å²) in [6, 6.07) is 8.28. The molecule has 1 aliphatic heterocycles. The van der Waals surface area contributed by atoms with Gasteiger partial charge in [0.05, 0.1) is 20.6 Å². The van der Waals surface area contributed by atoms with E-state index in [4.69, 9.17) is 4.98 Å². The highest BCUT2D eigenvalue weighted by Crippen LogP contribution is 2.44. The summed E-state index contributed by atoms with van der Waals surface area (Å²) in [6.45, 7) is 3.33. The van der Waals surface area contributed by atoms with Gasteiger partial charge in [0.15, 0.2) is 5.13 Å². The van der Waals surface area contributed by atoms with Gasteiger partial charge < -0.3 is 9.80 Å². The number of aromatic nitrogens is 2. The molecule has 146 valence electrons. The molecule has 28 heavy (non-hydrogen) atoms. The van der Waals surface area contributed by atoms with Crippen molar-refractivity contribution in [3.63, 3.8) is 0 Å². The highest BCUT2D eigenvalue weighted by Gasteiger charge is 2.44. The van der Waals surface area contributed by atoms with Gasteiger partial charge in [0.2, 0.25) is 5.91 Å². The lowest BCUT2D eigenvalue weighted by atomic mass is 9.81. The molecule has 2 aromatic heterocycles. The fourth-order valence-electron chi connectivity index (χ4n) is 4.61. The van der Waals surface area contributed by atoms with Crippen LogP contribution in [0, 0.1) is 5.41 Å². The summed E-state index contributed by atoms with van der Waals surface area (Å²) in [6.07, 6.45) is 6.93. The predicted octanol–water partition coefficient (Wildman–Crippen LogP) is 4.20. The maximum absolute atomic E-state index is 13.6. The number of carbonyl (C=O) groups excluding carboxylic acids is 1. The Morgan fingerprint density at radius 3 is 2.61 bits per heavy atom. The van der Waals surface area contributed by atoms with Crippen LogP contribution < -0.4 is 4.90 Å². The summed E-state index contributed by atoms with van der Waals surface area (Å²) in [7, 11) is 0. The molecule has 0 unspecified atom stereocenters. The molecule has 7 heteroatoms. The SMILES string of the molecule is O=C(N1CCN(c2nccs2)CC1)C1(Cc2nc3ccccc3s2)CCCC1. The fourth-order valence-corrected chi connectivity index (χ4v) is 6.42. The Labute approximate surface area is 173 Å². The first-order valence-corrected chi connectivity index (χ1v) is 11.7. The third kappa shape index (κ3) is 3.31. The summed E-state index contributed by atoms with van der Waals surface area (Å²) in [4.78, 5) is 27.2. The summed E-state index contributed by atoms with van der Waals surface area (Å²) in [5.74, 6) is 0.350. The van der Waals surface area contributed by atoms with Gasteiger partial charge in [0, 0.05) is 44.2 Å². The lowest BCUT2D eigenvalue weighted by Crippen LogP contribution is -2.53. The molecular weight excluding hydrogens is 388 g/mol. The molecule has 0 N–H and O–H groups in total. The van der Waals surface area contributed by atoms with Gasteiger partial charge in [-0.3, -0.25) is 4.79 Å². The molecule has 5 nitrogen and oxygen atoms in total. The van der Waals surface area contributed by atoms with E-state index < -0.39 is 0 Å². The second-order valence-corrected chi connectivity index (χ2v) is 9.82. The molecule has 1 saturated heterocycles. The van der Waals surface area contributed by atoms with Crippen LogP contribution in [0.15, 0.2) is 35.8 Å². The molecule has 1 saturated carbocycles. The highest BCUT2D eigenvalue weighted by molar-refractivity contribution is 7.18. The number of piperazine rings is 1. The van der Waals surface area contributed by atoms with Crippen LogP contribution in [0.3, 0.4) is 0 Å². The standard InChI is InChI=1S/C21H24N4OS2/c26-19(24-10-12-25(13-11-24)20-22-9-14-27-20)21(7-3-4-8-21)15-18-23-16-5-1-2-6-17(16)28-18/h1-2,5-6,9,14H,3-4,7-8,10-13,15H2. The number of hydrogen-bond donors (Lipinski definition) is 0. The lowest BCUT2D eigenvalue weighted by molar-refractivity contribution is -0.142. The Hall–Kier alpha value is -1.99. The van der Waals surface area contributed by atoms with Gasteiger partial charge >= 0.3 is 0 Å². The smallest absolute Gasteiger partial charge is 0.229 e. The molecule has 1 aliphatic carbocycles. The Kier molecular flexibility index (Phi) is 4.80. The normalized spacial score (nSPS) is 19.4. The van der Waals surface area contributed by atoms with Crippen LogP contribution in [0.1, 0.15) is 30.7 Å². The molecule has 2 fully saturated rings. The molecule has 2 aliphatic rings. The summed E-state index contributed by atoms with van der Waals surface area (Å²) >= 11 is 3.42. The number of thiazole rings is 2. The number of carbonyl (C=O) groups is 1. The monoisotopic (exact) mass is 412 g/mol. The largest absolute Gasteiger partial charge is 0.345 e. The Morgan fingerprint density at radius 2 is 1.89 bits per heavy atom. The number of anilines is 1. The van der Waals surface area contributed by atoms with Crippen molar-refractivity contribution in [2.45, 2.75) is 32.1 Å². The topological polar surface area (TPSA) is 49.3 Å². The quantitative estimate of drug-likeness (QED) is 0.644. The average Bonchev–Trinajstić information content (AvgIpc) is 3.48. The molecular formula is C21H24N4OS2. The van der Waals surface area contributed by atoms with Gasteiger partial charge in [0.1, 0.15) is 0 Å². The highest BCUT2D eigenvalue weighted by atomic mass is 32.1. The van der Waals surface area contributed by atoms with E-state index in [1.807, 2.05) is 17.6 Å². The summed E-state index contributed by atoms with van der Waals surface area (Å²) in [5.41, 5.74) is 0.803. The van der Waals surface area contributed by atoms with Crippen molar-refractivity contribution in [3.05, 3.63) is 40.8 Å². The molecule has 3 aromatic rings. The number of hydrogen-bond acceptors (Lipinski definition) is 6. The van der Waals surface area contributed by atoms with Crippen molar-refractivity contribution in [1.82, 2.24) is 14.9 Å². The molecule has 1 aromatic carbocycles. The van der Waals surface area contributed by atoms with Crippen LogP contribution in [0.2, 0.25) is 0 Å². The minimum absolute atomic E-state index is 0.253. The third-order valence-electron chi connectivity index (χ3n) is 6.10. The minimum atomic E-state index is -0.253. The van der Waals surface area contributed by atoms with Gasteiger partial charge in [-0.2, -0.15) is 0 Å². The van der Waals surface area contributed by atoms with Crippen LogP contribution in [0.5, 0.6) is 0 Å². The first-order chi connectivity index (χ1) is 13.7. The second kappa shape index (κ2) is 7.44. The van der Waals surface area contributed by atoms with Crippen molar-refractivity contribution >= 4 is 43.9 Å². The third-order valence-corrected chi connectivity index (χ3v) is 7.97. The molecule has 0 spiro atoms. The van der Waals surface area contributed by atoms with Gasteiger partial charge in [-0.15, -0.1) is 22.7 Å². The van der Waals surface area contributed by atoms with E-state index in [9.17, 15) is 4.79 Å². The zero-order chi connectivity index (χ0) is 19.0. The maximum atomic E-state index is 13.6. The van der Waals surface area contributed by atoms with Crippen molar-refractivity contribution in [1.29, 1.82) is 0 Å². The zero-order valence-corrected chi connectivity index (χ0v) is 17.5. The fraction of sp³-hybridized carbons (Fsp3) is 0.476. The zero-order valence-electron chi connectivity index (χ0n) is 15.8. The molecule has 5 rings (SSSR count). The molecule has 0 bridgehead atoms. The number of benzene rings is 1. The Bertz CT molecular complexity index is 921. The van der Waals surface area contributed by atoms with Crippen LogP contribution >= 0.6 is 22.7 Å². The van der Waals surface area contributed by atoms with Gasteiger partial charge in [0.25, 0.3) is 0 Å². The molecule has 0 atom stereocenters. The van der Waals surface area contributed by atoms with Crippen molar-refractivity contribution in [3.8, 4) is 0 Å². The van der Waals surface area contributed by atoms with Crippen molar-refractivity contribution < 1.29 is 4.79 Å².